The summed E-state index contributed by atoms with van der Waals surface area (Å²) >= 11 is 0. The number of nitrogens with one attached hydrogen (secondary N) is 2. The summed E-state index contributed by atoms with van der Waals surface area (Å²) in [6, 6.07) is 17.3. The number of benzodiazepines with no additional fused rings is 1. The molecule has 0 saturated heterocycles. The van der Waals surface area contributed by atoms with Gasteiger partial charge in [-0.3, -0.25) is 4.79 Å². The molecule has 2 N–H and O–H groups in total. The molecule has 5 rings (SSSR count). The van der Waals surface area contributed by atoms with Crippen LogP contribution in [0, 0.1) is 0 Å². The van der Waals surface area contributed by atoms with E-state index < -0.39 is 6.17 Å². The van der Waals surface area contributed by atoms with Crippen molar-refractivity contribution in [1.29, 1.82) is 0 Å². The van der Waals surface area contributed by atoms with Crippen molar-refractivity contribution < 1.29 is 9.21 Å². The van der Waals surface area contributed by atoms with E-state index in [0.717, 1.165) is 11.1 Å². The van der Waals surface area contributed by atoms with Crippen LogP contribution < -0.4 is 10.6 Å². The number of rotatable bonds is 4. The van der Waals surface area contributed by atoms with Crippen molar-refractivity contribution in [3.05, 3.63) is 84.4 Å². The maximum Gasteiger partial charge on any atom is 0.317 e. The van der Waals surface area contributed by atoms with Crippen LogP contribution >= 0.6 is 0 Å². The van der Waals surface area contributed by atoms with Crippen LogP contribution in [0.2, 0.25) is 0 Å². The normalized spacial score (nSPS) is 15.5. The molecule has 30 heavy (non-hydrogen) atoms. The second kappa shape index (κ2) is 7.55. The van der Waals surface area contributed by atoms with E-state index in [0.29, 0.717) is 17.0 Å². The summed E-state index contributed by atoms with van der Waals surface area (Å²) in [6.07, 6.45) is 3.57. The summed E-state index contributed by atoms with van der Waals surface area (Å²) in [4.78, 5) is 25.4. The van der Waals surface area contributed by atoms with Gasteiger partial charge in [0.2, 0.25) is 6.17 Å². The van der Waals surface area contributed by atoms with Gasteiger partial charge in [-0.25, -0.2) is 15.0 Å². The maximum atomic E-state index is 12.8. The van der Waals surface area contributed by atoms with E-state index >= 15 is 0 Å². The van der Waals surface area contributed by atoms with Crippen LogP contribution in [0.1, 0.15) is 11.1 Å². The lowest BCUT2D eigenvalue weighted by molar-refractivity contribution is -0.116. The number of benzene rings is 2. The average molecular weight is 397 g/mol. The molecule has 1 unspecified atom stereocenters. The molecular formula is C21H15N7O2. The number of fused-ring (bicyclic) bond motifs is 1. The Balaban J connectivity index is 1.51. The van der Waals surface area contributed by atoms with E-state index in [1.807, 2.05) is 54.6 Å². The van der Waals surface area contributed by atoms with Gasteiger partial charge < -0.3 is 15.1 Å². The van der Waals surface area contributed by atoms with Gasteiger partial charge in [0.05, 0.1) is 17.0 Å². The quantitative estimate of drug-likeness (QED) is 0.543. The third kappa shape index (κ3) is 3.39. The fourth-order valence-corrected chi connectivity index (χ4v) is 3.11. The molecule has 0 bridgehead atoms. The summed E-state index contributed by atoms with van der Waals surface area (Å²) in [5.74, 6) is -0.0983. The van der Waals surface area contributed by atoms with Crippen molar-refractivity contribution in [1.82, 2.24) is 20.2 Å². The molecule has 1 aliphatic rings. The number of carbonyl (C=O) groups excluding carboxylic acids is 1. The topological polar surface area (TPSA) is 118 Å². The highest BCUT2D eigenvalue weighted by Gasteiger charge is 2.27. The second-order valence-electron chi connectivity index (χ2n) is 6.46. The molecule has 1 amide bonds. The standard InChI is InChI=1S/C21H15N7O2/c29-19-18(26-21-28-27-20(30-21)14-10-22-12-23-11-14)25-17(13-6-2-1-3-7-13)15-8-4-5-9-16(15)24-19/h1-12,18H,(H,24,29)(H,26,28). The van der Waals surface area contributed by atoms with Crippen LogP contribution in [0.25, 0.3) is 11.5 Å². The van der Waals surface area contributed by atoms with Crippen molar-refractivity contribution in [3.8, 4) is 11.5 Å². The van der Waals surface area contributed by atoms with Crippen LogP contribution in [-0.2, 0) is 4.79 Å². The number of hydrogen-bond donors (Lipinski definition) is 2. The van der Waals surface area contributed by atoms with Crippen LogP contribution in [0.5, 0.6) is 0 Å². The van der Waals surface area contributed by atoms with Crippen molar-refractivity contribution in [2.24, 2.45) is 4.99 Å². The molecule has 0 aliphatic carbocycles. The Labute approximate surface area is 170 Å². The van der Waals surface area contributed by atoms with Gasteiger partial charge >= 0.3 is 6.01 Å². The Kier molecular flexibility index (Phi) is 4.45. The third-order valence-electron chi connectivity index (χ3n) is 4.49. The molecule has 9 nitrogen and oxygen atoms in total. The highest BCUT2D eigenvalue weighted by atomic mass is 16.4. The number of amides is 1. The van der Waals surface area contributed by atoms with E-state index in [-0.39, 0.29) is 17.8 Å². The first-order valence-electron chi connectivity index (χ1n) is 9.17. The lowest BCUT2D eigenvalue weighted by atomic mass is 10.0. The molecule has 9 heteroatoms. The zero-order valence-electron chi connectivity index (χ0n) is 15.6. The number of aliphatic imine (C=N–C) groups is 1. The highest BCUT2D eigenvalue weighted by molar-refractivity contribution is 6.19. The molecule has 4 aromatic rings. The number of aromatic nitrogens is 4. The van der Waals surface area contributed by atoms with Crippen LogP contribution in [0.3, 0.4) is 0 Å². The van der Waals surface area contributed by atoms with E-state index in [9.17, 15) is 4.79 Å². The fraction of sp³-hybridized carbons (Fsp3) is 0.0476. The maximum absolute atomic E-state index is 12.8. The predicted molar refractivity (Wildman–Crippen MR) is 110 cm³/mol. The molecule has 3 heterocycles. The SMILES string of the molecule is O=C1Nc2ccccc2C(c2ccccc2)=NC1Nc1nnc(-c2cncnc2)o1. The minimum atomic E-state index is -0.965. The number of carbonyl (C=O) groups is 1. The summed E-state index contributed by atoms with van der Waals surface area (Å²) in [7, 11) is 0. The molecular weight excluding hydrogens is 382 g/mol. The molecule has 146 valence electrons. The third-order valence-corrected chi connectivity index (χ3v) is 4.49. The Morgan fingerprint density at radius 3 is 2.50 bits per heavy atom. The van der Waals surface area contributed by atoms with E-state index in [2.05, 4.69) is 35.8 Å². The molecule has 0 radical (unpaired) electrons. The van der Waals surface area contributed by atoms with E-state index in [4.69, 9.17) is 4.42 Å². The lowest BCUT2D eigenvalue weighted by Gasteiger charge is -2.11. The van der Waals surface area contributed by atoms with Crippen molar-refractivity contribution in [2.45, 2.75) is 6.17 Å². The van der Waals surface area contributed by atoms with Gasteiger partial charge in [-0.2, -0.15) is 0 Å². The monoisotopic (exact) mass is 397 g/mol. The Morgan fingerprint density at radius 1 is 0.900 bits per heavy atom. The lowest BCUT2D eigenvalue weighted by Crippen LogP contribution is -2.32. The van der Waals surface area contributed by atoms with Crippen molar-refractivity contribution in [2.75, 3.05) is 10.6 Å². The minimum Gasteiger partial charge on any atom is -0.403 e. The molecule has 1 aliphatic heterocycles. The number of anilines is 2. The van der Waals surface area contributed by atoms with Gasteiger partial charge in [0, 0.05) is 23.5 Å². The summed E-state index contributed by atoms with van der Waals surface area (Å²) < 4.78 is 5.62. The first-order valence-corrected chi connectivity index (χ1v) is 9.17. The van der Waals surface area contributed by atoms with Gasteiger partial charge in [0.15, 0.2) is 0 Å². The Hall–Kier alpha value is -4.40. The van der Waals surface area contributed by atoms with Gasteiger partial charge in [-0.05, 0) is 6.07 Å². The largest absolute Gasteiger partial charge is 0.403 e. The number of hydrogen-bond acceptors (Lipinski definition) is 8. The highest BCUT2D eigenvalue weighted by Crippen LogP contribution is 2.25. The van der Waals surface area contributed by atoms with Crippen LogP contribution in [-0.4, -0.2) is 37.9 Å². The fourth-order valence-electron chi connectivity index (χ4n) is 3.11. The van der Waals surface area contributed by atoms with E-state index in [1.165, 1.54) is 6.33 Å². The Morgan fingerprint density at radius 2 is 1.67 bits per heavy atom. The van der Waals surface area contributed by atoms with Crippen LogP contribution in [0.4, 0.5) is 11.7 Å². The van der Waals surface area contributed by atoms with Crippen molar-refractivity contribution >= 4 is 23.3 Å². The molecule has 2 aromatic heterocycles. The zero-order valence-corrected chi connectivity index (χ0v) is 15.6. The molecule has 0 spiro atoms. The van der Waals surface area contributed by atoms with Crippen molar-refractivity contribution in [3.63, 3.8) is 0 Å². The summed E-state index contributed by atoms with van der Waals surface area (Å²) in [5, 5.41) is 13.8. The first kappa shape index (κ1) is 17.7. The molecule has 0 fully saturated rings. The number of nitrogens with zero attached hydrogens (tertiary/aromatic N) is 5. The van der Waals surface area contributed by atoms with Crippen LogP contribution in [0.15, 0.2) is 82.7 Å². The summed E-state index contributed by atoms with van der Waals surface area (Å²) in [5.41, 5.74) is 3.65. The minimum absolute atomic E-state index is 0.0659. The average Bonchev–Trinajstić information content (AvgIpc) is 3.21. The first-order chi connectivity index (χ1) is 14.8. The molecule has 1 atom stereocenters. The predicted octanol–water partition coefficient (Wildman–Crippen LogP) is 2.75. The summed E-state index contributed by atoms with van der Waals surface area (Å²) in [6.45, 7) is 0. The molecule has 0 saturated carbocycles. The smallest absolute Gasteiger partial charge is 0.317 e. The zero-order chi connectivity index (χ0) is 20.3. The second-order valence-corrected chi connectivity index (χ2v) is 6.46. The van der Waals surface area contributed by atoms with Gasteiger partial charge in [0.1, 0.15) is 6.33 Å². The Bertz CT molecular complexity index is 1220. The van der Waals surface area contributed by atoms with E-state index in [1.54, 1.807) is 12.4 Å². The number of para-hydroxylation sites is 1. The van der Waals surface area contributed by atoms with Gasteiger partial charge in [0.25, 0.3) is 11.8 Å². The molecule has 2 aromatic carbocycles. The van der Waals surface area contributed by atoms with Gasteiger partial charge in [-0.15, -0.1) is 5.10 Å². The van der Waals surface area contributed by atoms with Gasteiger partial charge in [-0.1, -0.05) is 53.6 Å².